The first-order chi connectivity index (χ1) is 10.6. The van der Waals surface area contributed by atoms with E-state index < -0.39 is 0 Å². The lowest BCUT2D eigenvalue weighted by Crippen LogP contribution is -2.08. The molecule has 0 saturated carbocycles. The highest BCUT2D eigenvalue weighted by atomic mass is 16.5. The first-order valence-corrected chi connectivity index (χ1v) is 8.10. The highest BCUT2D eigenvalue weighted by Crippen LogP contribution is 2.24. The molecule has 1 N–H and O–H groups in total. The van der Waals surface area contributed by atoms with Crippen molar-refractivity contribution in [1.29, 1.82) is 0 Å². The topological polar surface area (TPSA) is 39.1 Å². The summed E-state index contributed by atoms with van der Waals surface area (Å²) in [6.07, 6.45) is 2.13. The van der Waals surface area contributed by atoms with Crippen LogP contribution in [0.5, 0.6) is 11.6 Å². The Bertz CT molecular complexity index is 573. The minimum Gasteiger partial charge on any atom is -0.439 e. The van der Waals surface area contributed by atoms with Crippen LogP contribution in [0.15, 0.2) is 30.3 Å². The Balaban J connectivity index is 2.15. The second-order valence-corrected chi connectivity index (χ2v) is 6.01. The van der Waals surface area contributed by atoms with Gasteiger partial charge in [-0.3, -0.25) is 0 Å². The van der Waals surface area contributed by atoms with E-state index >= 15 is 0 Å². The van der Waals surface area contributed by atoms with Crippen molar-refractivity contribution < 1.29 is 4.74 Å². The molecule has 0 radical (unpaired) electrons. The lowest BCUT2D eigenvalue weighted by Gasteiger charge is -2.10. The molecule has 0 bridgehead atoms. The van der Waals surface area contributed by atoms with E-state index in [1.807, 2.05) is 29.9 Å². The Kier molecular flexibility index (Phi) is 6.01. The van der Waals surface area contributed by atoms with Gasteiger partial charge in [0.1, 0.15) is 5.75 Å². The third-order valence-electron chi connectivity index (χ3n) is 3.62. The van der Waals surface area contributed by atoms with Gasteiger partial charge in [-0.2, -0.15) is 5.10 Å². The fourth-order valence-electron chi connectivity index (χ4n) is 2.25. The van der Waals surface area contributed by atoms with Crippen molar-refractivity contribution in [2.24, 2.45) is 5.92 Å². The zero-order valence-corrected chi connectivity index (χ0v) is 14.1. The number of hydrogen-bond acceptors (Lipinski definition) is 3. The van der Waals surface area contributed by atoms with E-state index in [1.54, 1.807) is 0 Å². The van der Waals surface area contributed by atoms with Gasteiger partial charge >= 0.3 is 0 Å². The van der Waals surface area contributed by atoms with Crippen LogP contribution in [0.1, 0.15) is 38.4 Å². The number of aromatic nitrogens is 2. The number of hydrogen-bond donors (Lipinski definition) is 1. The van der Waals surface area contributed by atoms with Crippen molar-refractivity contribution in [2.75, 3.05) is 7.05 Å². The third-order valence-corrected chi connectivity index (χ3v) is 3.62. The maximum absolute atomic E-state index is 6.04. The van der Waals surface area contributed by atoms with Crippen LogP contribution in [0.3, 0.4) is 0 Å². The minimum absolute atomic E-state index is 0.647. The molecule has 0 saturated heterocycles. The second-order valence-electron chi connectivity index (χ2n) is 6.01. The molecule has 120 valence electrons. The summed E-state index contributed by atoms with van der Waals surface area (Å²) >= 11 is 0. The maximum atomic E-state index is 6.04. The molecule has 0 fully saturated rings. The molecule has 0 atom stereocenters. The summed E-state index contributed by atoms with van der Waals surface area (Å²) < 4.78 is 8.01. The molecule has 0 aliphatic heterocycles. The molecule has 1 aromatic heterocycles. The quantitative estimate of drug-likeness (QED) is 0.801. The van der Waals surface area contributed by atoms with Gasteiger partial charge in [0.05, 0.1) is 5.69 Å². The third kappa shape index (κ3) is 4.60. The number of nitrogens with zero attached hydrogens (tertiary/aromatic N) is 2. The normalized spacial score (nSPS) is 11.1. The number of nitrogens with one attached hydrogen (secondary N) is 1. The standard InChI is InChI=1S/C18H27N3O/c1-5-15-6-8-17(9-7-15)22-18-12-16(13-19-4)20-21(18)11-10-14(2)3/h6-9,12,14,19H,5,10-11,13H2,1-4H3. The van der Waals surface area contributed by atoms with E-state index in [2.05, 4.69) is 43.3 Å². The van der Waals surface area contributed by atoms with E-state index in [0.29, 0.717) is 5.92 Å². The lowest BCUT2D eigenvalue weighted by atomic mass is 10.1. The first-order valence-electron chi connectivity index (χ1n) is 8.10. The molecule has 4 heteroatoms. The summed E-state index contributed by atoms with van der Waals surface area (Å²) in [5.74, 6) is 2.32. The van der Waals surface area contributed by atoms with Crippen molar-refractivity contribution in [3.05, 3.63) is 41.6 Å². The number of aryl methyl sites for hydroxylation is 2. The SMILES string of the molecule is CCc1ccc(Oc2cc(CNC)nn2CCC(C)C)cc1. The Morgan fingerprint density at radius 1 is 1.23 bits per heavy atom. The van der Waals surface area contributed by atoms with Gasteiger partial charge in [0.2, 0.25) is 5.88 Å². The van der Waals surface area contributed by atoms with Crippen molar-refractivity contribution in [3.63, 3.8) is 0 Å². The monoisotopic (exact) mass is 301 g/mol. The maximum Gasteiger partial charge on any atom is 0.218 e. The van der Waals surface area contributed by atoms with Gasteiger partial charge in [0, 0.05) is 19.2 Å². The lowest BCUT2D eigenvalue weighted by molar-refractivity contribution is 0.390. The number of benzene rings is 1. The molecule has 1 aromatic carbocycles. The fraction of sp³-hybridized carbons (Fsp3) is 0.500. The zero-order chi connectivity index (χ0) is 15.9. The van der Waals surface area contributed by atoms with Gasteiger partial charge < -0.3 is 10.1 Å². The Morgan fingerprint density at radius 3 is 2.55 bits per heavy atom. The van der Waals surface area contributed by atoms with Crippen molar-refractivity contribution in [2.45, 2.75) is 46.7 Å². The zero-order valence-electron chi connectivity index (χ0n) is 14.1. The van der Waals surface area contributed by atoms with Gasteiger partial charge in [-0.1, -0.05) is 32.9 Å². The summed E-state index contributed by atoms with van der Waals surface area (Å²) in [5, 5.41) is 7.77. The number of rotatable bonds is 8. The summed E-state index contributed by atoms with van der Waals surface area (Å²) in [6, 6.07) is 10.3. The smallest absolute Gasteiger partial charge is 0.218 e. The van der Waals surface area contributed by atoms with E-state index in [1.165, 1.54) is 5.56 Å². The molecular weight excluding hydrogens is 274 g/mol. The number of ether oxygens (including phenoxy) is 1. The average Bonchev–Trinajstić information content (AvgIpc) is 2.88. The second kappa shape index (κ2) is 7.99. The largest absolute Gasteiger partial charge is 0.439 e. The Hall–Kier alpha value is -1.81. The van der Waals surface area contributed by atoms with Gasteiger partial charge in [-0.15, -0.1) is 0 Å². The van der Waals surface area contributed by atoms with Gasteiger partial charge in [0.15, 0.2) is 0 Å². The summed E-state index contributed by atoms with van der Waals surface area (Å²) in [7, 11) is 1.93. The van der Waals surface area contributed by atoms with Gasteiger partial charge in [0.25, 0.3) is 0 Å². The summed E-state index contributed by atoms with van der Waals surface area (Å²) in [6.45, 7) is 8.23. The minimum atomic E-state index is 0.647. The predicted molar refractivity (Wildman–Crippen MR) is 90.3 cm³/mol. The molecule has 2 aromatic rings. The predicted octanol–water partition coefficient (Wildman–Crippen LogP) is 4.00. The van der Waals surface area contributed by atoms with Crippen molar-refractivity contribution in [3.8, 4) is 11.6 Å². The van der Waals surface area contributed by atoms with Crippen LogP contribution in [-0.4, -0.2) is 16.8 Å². The highest BCUT2D eigenvalue weighted by molar-refractivity contribution is 5.31. The molecule has 0 amide bonds. The van der Waals surface area contributed by atoms with Crippen LogP contribution in [-0.2, 0) is 19.5 Å². The van der Waals surface area contributed by atoms with Crippen LogP contribution in [0, 0.1) is 5.92 Å². The van der Waals surface area contributed by atoms with Crippen LogP contribution < -0.4 is 10.1 Å². The molecule has 22 heavy (non-hydrogen) atoms. The molecule has 1 heterocycles. The van der Waals surface area contributed by atoms with Gasteiger partial charge in [-0.25, -0.2) is 4.68 Å². The Morgan fingerprint density at radius 2 is 1.95 bits per heavy atom. The molecule has 0 aliphatic carbocycles. The van der Waals surface area contributed by atoms with E-state index in [-0.39, 0.29) is 0 Å². The van der Waals surface area contributed by atoms with Crippen LogP contribution in [0.4, 0.5) is 0 Å². The summed E-state index contributed by atoms with van der Waals surface area (Å²) in [4.78, 5) is 0. The average molecular weight is 301 g/mol. The molecule has 0 spiro atoms. The molecule has 0 unspecified atom stereocenters. The van der Waals surface area contributed by atoms with Crippen LogP contribution >= 0.6 is 0 Å². The summed E-state index contributed by atoms with van der Waals surface area (Å²) in [5.41, 5.74) is 2.32. The van der Waals surface area contributed by atoms with E-state index in [0.717, 1.165) is 43.3 Å². The van der Waals surface area contributed by atoms with Crippen molar-refractivity contribution >= 4 is 0 Å². The molecule has 2 rings (SSSR count). The Labute approximate surface area is 133 Å². The molecular formula is C18H27N3O. The van der Waals surface area contributed by atoms with Crippen LogP contribution in [0.25, 0.3) is 0 Å². The van der Waals surface area contributed by atoms with Crippen molar-refractivity contribution in [1.82, 2.24) is 15.1 Å². The van der Waals surface area contributed by atoms with E-state index in [9.17, 15) is 0 Å². The van der Waals surface area contributed by atoms with E-state index in [4.69, 9.17) is 4.74 Å². The van der Waals surface area contributed by atoms with Gasteiger partial charge in [-0.05, 0) is 43.5 Å². The highest BCUT2D eigenvalue weighted by Gasteiger charge is 2.10. The van der Waals surface area contributed by atoms with Crippen LogP contribution in [0.2, 0.25) is 0 Å². The first kappa shape index (κ1) is 16.6. The molecule has 4 nitrogen and oxygen atoms in total. The fourth-order valence-corrected chi connectivity index (χ4v) is 2.25. The molecule has 0 aliphatic rings.